The van der Waals surface area contributed by atoms with Gasteiger partial charge >= 0.3 is 5.69 Å². The predicted octanol–water partition coefficient (Wildman–Crippen LogP) is 5.15. The number of hydrogen-bond acceptors (Lipinski definition) is 6. The Hall–Kier alpha value is -3.08. The van der Waals surface area contributed by atoms with Crippen LogP contribution >= 0.6 is 22.9 Å². The lowest BCUT2D eigenvalue weighted by atomic mass is 9.92. The van der Waals surface area contributed by atoms with E-state index in [0.29, 0.717) is 11.1 Å². The first-order valence-corrected chi connectivity index (χ1v) is 14.7. The summed E-state index contributed by atoms with van der Waals surface area (Å²) >= 11 is 8.12. The molecule has 1 aromatic carbocycles. The summed E-state index contributed by atoms with van der Waals surface area (Å²) in [6.07, 6.45) is 5.71. The van der Waals surface area contributed by atoms with Gasteiger partial charge in [0.2, 0.25) is 5.92 Å². The van der Waals surface area contributed by atoms with E-state index in [0.717, 1.165) is 76.6 Å². The maximum absolute atomic E-state index is 13.4. The van der Waals surface area contributed by atoms with E-state index < -0.39 is 23.6 Å². The summed E-state index contributed by atoms with van der Waals surface area (Å²) in [6, 6.07) is 9.67. The van der Waals surface area contributed by atoms with Crippen LogP contribution < -0.4 is 21.5 Å². The highest BCUT2D eigenvalue weighted by atomic mass is 35.5. The Morgan fingerprint density at radius 1 is 1.20 bits per heavy atom. The number of aryl methyl sites for hydroxylation is 2. The average Bonchev–Trinajstić information content (AvgIpc) is 3.59. The van der Waals surface area contributed by atoms with E-state index in [1.807, 2.05) is 18.2 Å². The zero-order valence-electron chi connectivity index (χ0n) is 22.1. The molecule has 7 nitrogen and oxygen atoms in total. The van der Waals surface area contributed by atoms with E-state index >= 15 is 0 Å². The summed E-state index contributed by atoms with van der Waals surface area (Å²) in [5.74, 6) is -2.91. The molecule has 3 aromatic heterocycles. The molecule has 5 heterocycles. The van der Waals surface area contributed by atoms with Gasteiger partial charge in [0.1, 0.15) is 0 Å². The Morgan fingerprint density at radius 2 is 2.05 bits per heavy atom. The summed E-state index contributed by atoms with van der Waals surface area (Å²) in [7, 11) is 0. The second-order valence-electron chi connectivity index (χ2n) is 10.7. The van der Waals surface area contributed by atoms with Crippen LogP contribution in [0.15, 0.2) is 52.3 Å². The van der Waals surface area contributed by atoms with Crippen LogP contribution in [0.25, 0.3) is 21.3 Å². The van der Waals surface area contributed by atoms with Crippen LogP contribution in [0.4, 0.5) is 14.5 Å². The fourth-order valence-electron chi connectivity index (χ4n) is 5.84. The van der Waals surface area contributed by atoms with E-state index in [1.54, 1.807) is 6.20 Å². The molecule has 6 rings (SSSR count). The van der Waals surface area contributed by atoms with Crippen molar-refractivity contribution >= 4 is 38.8 Å². The first-order valence-electron chi connectivity index (χ1n) is 13.5. The highest BCUT2D eigenvalue weighted by Gasteiger charge is 2.30. The molecular formula is C29H30ClF2N5O2S. The van der Waals surface area contributed by atoms with Gasteiger partial charge in [0, 0.05) is 77.3 Å². The molecule has 1 fully saturated rings. The van der Waals surface area contributed by atoms with Crippen LogP contribution in [0.5, 0.6) is 0 Å². The lowest BCUT2D eigenvalue weighted by Gasteiger charge is -2.38. The van der Waals surface area contributed by atoms with Gasteiger partial charge in [-0.25, -0.2) is 13.6 Å². The van der Waals surface area contributed by atoms with E-state index in [9.17, 15) is 18.4 Å². The number of fused-ring (bicyclic) bond motifs is 2. The number of thiophene rings is 1. The fourth-order valence-corrected chi connectivity index (χ4v) is 7.21. The number of alkyl halides is 2. The Kier molecular flexibility index (Phi) is 7.27. The molecule has 210 valence electrons. The number of nitrogens with one attached hydrogen (secondary N) is 1. The highest BCUT2D eigenvalue weighted by Crippen LogP contribution is 2.44. The molecule has 0 spiro atoms. The van der Waals surface area contributed by atoms with Crippen LogP contribution in [0.3, 0.4) is 0 Å². The normalized spacial score (nSPS) is 17.5. The molecule has 11 heteroatoms. The van der Waals surface area contributed by atoms with Crippen molar-refractivity contribution in [2.24, 2.45) is 0 Å². The monoisotopic (exact) mass is 585 g/mol. The molecule has 0 amide bonds. The average molecular weight is 586 g/mol. The van der Waals surface area contributed by atoms with Gasteiger partial charge in [-0.3, -0.25) is 14.3 Å². The summed E-state index contributed by atoms with van der Waals surface area (Å²) in [5, 5.41) is 4.18. The Labute approximate surface area is 239 Å². The quantitative estimate of drug-likeness (QED) is 0.325. The number of rotatable bonds is 7. The summed E-state index contributed by atoms with van der Waals surface area (Å²) in [5.41, 5.74) is 4.24. The van der Waals surface area contributed by atoms with Gasteiger partial charge in [-0.1, -0.05) is 11.6 Å². The van der Waals surface area contributed by atoms with Crippen molar-refractivity contribution in [1.82, 2.24) is 19.4 Å². The largest absolute Gasteiger partial charge is 0.366 e. The third kappa shape index (κ3) is 5.32. The molecule has 0 saturated carbocycles. The van der Waals surface area contributed by atoms with Crippen LogP contribution in [0, 0.1) is 0 Å². The van der Waals surface area contributed by atoms with Crippen LogP contribution in [-0.2, 0) is 19.5 Å². The van der Waals surface area contributed by atoms with Crippen molar-refractivity contribution < 1.29 is 8.78 Å². The van der Waals surface area contributed by atoms with Gasteiger partial charge in [-0.05, 0) is 62.6 Å². The van der Waals surface area contributed by atoms with Gasteiger partial charge in [-0.2, -0.15) is 0 Å². The number of hydrogen-bond donors (Lipinski definition) is 1. The molecular weight excluding hydrogens is 556 g/mol. The minimum Gasteiger partial charge on any atom is -0.366 e. The molecule has 1 saturated heterocycles. The number of halogens is 3. The second kappa shape index (κ2) is 10.7. The molecule has 1 atom stereocenters. The third-order valence-corrected chi connectivity index (χ3v) is 9.12. The molecule has 0 unspecified atom stereocenters. The maximum Gasteiger partial charge on any atom is 0.331 e. The Bertz CT molecular complexity index is 1690. The van der Waals surface area contributed by atoms with Gasteiger partial charge < -0.3 is 14.8 Å². The number of nitrogens with zero attached hydrogens (tertiary/aromatic N) is 4. The standard InChI is InChI=1S/C29H30ClF2N5O2S/c1-29(31,32)7-12-35-11-6-25(38)37(28(35)39)17-21-15-24-27(40-21)22(5-9-34-24)23-14-19(30)13-18-3-2-10-36(26(18)23)20-4-8-33-16-20/h5-6,9,11,13-15,20,33H,2-4,7-8,10,12,16-17H2,1H3/t20-/m0/s1. The molecule has 4 aromatic rings. The third-order valence-electron chi connectivity index (χ3n) is 7.76. The zero-order valence-corrected chi connectivity index (χ0v) is 23.7. The van der Waals surface area contributed by atoms with E-state index in [2.05, 4.69) is 21.3 Å². The minimum absolute atomic E-state index is 0.0367. The van der Waals surface area contributed by atoms with E-state index in [4.69, 9.17) is 11.6 Å². The SMILES string of the molecule is CC(F)(F)CCn1ccc(=O)n(Cc2cc3nccc(-c4cc(Cl)cc5c4N([C@H]4CCNC4)CCC5)c3s2)c1=O. The molecule has 2 aliphatic heterocycles. The first kappa shape index (κ1) is 27.1. The molecule has 0 aliphatic carbocycles. The molecule has 0 radical (unpaired) electrons. The fraction of sp³-hybridized carbons (Fsp3) is 0.414. The number of aromatic nitrogens is 3. The van der Waals surface area contributed by atoms with E-state index in [1.165, 1.54) is 39.4 Å². The number of benzene rings is 1. The van der Waals surface area contributed by atoms with Crippen molar-refractivity contribution in [3.63, 3.8) is 0 Å². The molecule has 40 heavy (non-hydrogen) atoms. The van der Waals surface area contributed by atoms with Gasteiger partial charge in [-0.15, -0.1) is 11.3 Å². The topological polar surface area (TPSA) is 72.2 Å². The van der Waals surface area contributed by atoms with Crippen molar-refractivity contribution in [2.45, 2.75) is 57.7 Å². The molecule has 2 aliphatic rings. The van der Waals surface area contributed by atoms with Gasteiger partial charge in [0.15, 0.2) is 0 Å². The summed E-state index contributed by atoms with van der Waals surface area (Å²) in [4.78, 5) is 33.5. The number of pyridine rings is 1. The van der Waals surface area contributed by atoms with Gasteiger partial charge in [0.05, 0.1) is 16.8 Å². The van der Waals surface area contributed by atoms with Crippen molar-refractivity contribution in [3.05, 3.63) is 79.0 Å². The van der Waals surface area contributed by atoms with E-state index in [-0.39, 0.29) is 13.1 Å². The van der Waals surface area contributed by atoms with Crippen LogP contribution in [0.2, 0.25) is 5.02 Å². The Morgan fingerprint density at radius 3 is 2.83 bits per heavy atom. The lowest BCUT2D eigenvalue weighted by molar-refractivity contribution is 0.00826. The zero-order chi connectivity index (χ0) is 28.0. The summed E-state index contributed by atoms with van der Waals surface area (Å²) < 4.78 is 30.0. The first-order chi connectivity index (χ1) is 19.2. The van der Waals surface area contributed by atoms with Crippen LogP contribution in [-0.4, -0.2) is 45.7 Å². The molecule has 1 N–H and O–H groups in total. The lowest BCUT2D eigenvalue weighted by Crippen LogP contribution is -2.40. The maximum atomic E-state index is 13.4. The number of anilines is 1. The predicted molar refractivity (Wildman–Crippen MR) is 156 cm³/mol. The van der Waals surface area contributed by atoms with Crippen molar-refractivity contribution in [2.75, 3.05) is 24.5 Å². The summed E-state index contributed by atoms with van der Waals surface area (Å²) in [6.45, 7) is 3.63. The smallest absolute Gasteiger partial charge is 0.331 e. The minimum atomic E-state index is -2.91. The van der Waals surface area contributed by atoms with Gasteiger partial charge in [0.25, 0.3) is 5.56 Å². The Balaban J connectivity index is 1.40. The van der Waals surface area contributed by atoms with Crippen molar-refractivity contribution in [1.29, 1.82) is 0 Å². The second-order valence-corrected chi connectivity index (χ2v) is 12.3. The molecule has 0 bridgehead atoms. The van der Waals surface area contributed by atoms with Crippen molar-refractivity contribution in [3.8, 4) is 11.1 Å². The highest BCUT2D eigenvalue weighted by molar-refractivity contribution is 7.19. The van der Waals surface area contributed by atoms with Crippen LogP contribution in [0.1, 0.15) is 36.6 Å².